The van der Waals surface area contributed by atoms with Crippen molar-refractivity contribution >= 4 is 6.16 Å². The molecule has 196 valence electrons. The van der Waals surface area contributed by atoms with Gasteiger partial charge in [0, 0.05) is 6.42 Å². The fourth-order valence-corrected chi connectivity index (χ4v) is 8.88. The van der Waals surface area contributed by atoms with Crippen molar-refractivity contribution in [1.82, 2.24) is 0 Å². The van der Waals surface area contributed by atoms with Gasteiger partial charge in [0.15, 0.2) is 0 Å². The molecule has 0 heterocycles. The second-order valence-electron chi connectivity index (χ2n) is 13.0. The molecule has 3 heteroatoms. The van der Waals surface area contributed by atoms with Crippen molar-refractivity contribution in [2.45, 2.75) is 126 Å². The summed E-state index contributed by atoms with van der Waals surface area (Å²) in [4.78, 5) is 11.9. The van der Waals surface area contributed by atoms with Crippen molar-refractivity contribution in [2.24, 2.45) is 46.3 Å². The Balaban J connectivity index is 1.67. The molecule has 3 rings (SSSR count). The Morgan fingerprint density at radius 2 is 1.79 bits per heavy atom. The van der Waals surface area contributed by atoms with Gasteiger partial charge in [-0.3, -0.25) is 0 Å². The lowest BCUT2D eigenvalue weighted by atomic mass is 9.49. The van der Waals surface area contributed by atoms with Crippen LogP contribution in [0.1, 0.15) is 120 Å². The van der Waals surface area contributed by atoms with Crippen LogP contribution >= 0.6 is 0 Å². The first-order valence-electron chi connectivity index (χ1n) is 14.6. The average molecular weight is 475 g/mol. The molecule has 0 aromatic rings. The number of ether oxygens (including phenoxy) is 2. The van der Waals surface area contributed by atoms with Crippen LogP contribution in [0.25, 0.3) is 0 Å². The Morgan fingerprint density at radius 1 is 1.06 bits per heavy atom. The van der Waals surface area contributed by atoms with Gasteiger partial charge < -0.3 is 9.47 Å². The first-order valence-corrected chi connectivity index (χ1v) is 14.6. The summed E-state index contributed by atoms with van der Waals surface area (Å²) in [5, 5.41) is 0. The fraction of sp³-hybridized carbons (Fsp3) is 0.903. The summed E-state index contributed by atoms with van der Waals surface area (Å²) >= 11 is 0. The zero-order chi connectivity index (χ0) is 25.1. The highest BCUT2D eigenvalue weighted by Crippen LogP contribution is 2.65. The first-order chi connectivity index (χ1) is 16.1. The number of hydrogen-bond donors (Lipinski definition) is 0. The second kappa shape index (κ2) is 11.4. The van der Waals surface area contributed by atoms with E-state index in [4.69, 9.17) is 9.47 Å². The molecule has 0 spiro atoms. The minimum absolute atomic E-state index is 0.0370. The quantitative estimate of drug-likeness (QED) is 0.260. The Kier molecular flexibility index (Phi) is 9.24. The third-order valence-corrected chi connectivity index (χ3v) is 10.7. The number of rotatable bonds is 8. The van der Waals surface area contributed by atoms with E-state index in [1.165, 1.54) is 50.5 Å². The highest BCUT2D eigenvalue weighted by Gasteiger charge is 2.57. The Hall–Kier alpha value is -0.990. The molecule has 0 unspecified atom stereocenters. The molecule has 0 aromatic heterocycles. The van der Waals surface area contributed by atoms with Gasteiger partial charge in [-0.2, -0.15) is 0 Å². The molecule has 3 fully saturated rings. The molecular formula is C31H54O3. The minimum Gasteiger partial charge on any atom is -0.435 e. The largest absolute Gasteiger partial charge is 0.508 e. The van der Waals surface area contributed by atoms with Crippen LogP contribution in [0.2, 0.25) is 0 Å². The maximum Gasteiger partial charge on any atom is 0.508 e. The van der Waals surface area contributed by atoms with Crippen LogP contribution in [0, 0.1) is 46.3 Å². The Morgan fingerprint density at radius 3 is 2.44 bits per heavy atom. The van der Waals surface area contributed by atoms with E-state index in [-0.39, 0.29) is 11.5 Å². The molecule has 0 radical (unpaired) electrons. The lowest BCUT2D eigenvalue weighted by molar-refractivity contribution is -0.0495. The molecular weight excluding hydrogens is 420 g/mol. The van der Waals surface area contributed by atoms with Gasteiger partial charge in [0.05, 0.1) is 6.61 Å². The summed E-state index contributed by atoms with van der Waals surface area (Å²) in [5.41, 5.74) is 2.25. The third-order valence-electron chi connectivity index (χ3n) is 10.7. The van der Waals surface area contributed by atoms with Crippen molar-refractivity contribution in [3.05, 3.63) is 11.6 Å². The lowest BCUT2D eigenvalue weighted by Crippen LogP contribution is -2.48. The van der Waals surface area contributed by atoms with Gasteiger partial charge in [0.1, 0.15) is 6.10 Å². The molecule has 0 saturated heterocycles. The van der Waals surface area contributed by atoms with Crippen molar-refractivity contribution in [2.75, 3.05) is 6.61 Å². The predicted octanol–water partition coefficient (Wildman–Crippen LogP) is 9.21. The number of carbonyl (C=O) groups is 1. The number of carbonyl (C=O) groups excluding carboxylic acids is 1. The molecule has 3 aliphatic rings. The maximum absolute atomic E-state index is 11.9. The van der Waals surface area contributed by atoms with E-state index in [2.05, 4.69) is 54.5 Å². The van der Waals surface area contributed by atoms with Crippen molar-refractivity contribution in [1.29, 1.82) is 0 Å². The van der Waals surface area contributed by atoms with Crippen LogP contribution in [-0.2, 0) is 9.47 Å². The summed E-state index contributed by atoms with van der Waals surface area (Å²) < 4.78 is 10.7. The van der Waals surface area contributed by atoms with Crippen LogP contribution in [0.15, 0.2) is 11.6 Å². The van der Waals surface area contributed by atoms with Crippen LogP contribution in [0.3, 0.4) is 0 Å². The Bertz CT molecular complexity index is 711. The van der Waals surface area contributed by atoms with Gasteiger partial charge in [0.25, 0.3) is 0 Å². The van der Waals surface area contributed by atoms with Gasteiger partial charge in [-0.25, -0.2) is 4.79 Å². The number of hydrogen-bond acceptors (Lipinski definition) is 3. The SMILES string of the molecule is C/C=C1/C[C@H](OC(=O)OCC)CC[C@@]1(C)[C@@H]1CC[C@]2(C)[C@H](CC[C@H]2[C@@H](C)CCCC(C)C)[C@H]1C. The molecule has 0 bridgehead atoms. The summed E-state index contributed by atoms with van der Waals surface area (Å²) in [6.07, 6.45) is 14.5. The average Bonchev–Trinajstić information content (AvgIpc) is 3.13. The van der Waals surface area contributed by atoms with E-state index < -0.39 is 6.16 Å². The minimum atomic E-state index is -0.507. The van der Waals surface area contributed by atoms with Gasteiger partial charge in [-0.1, -0.05) is 72.5 Å². The summed E-state index contributed by atoms with van der Waals surface area (Å²) in [6, 6.07) is 0. The molecule has 0 amide bonds. The van der Waals surface area contributed by atoms with E-state index in [0.29, 0.717) is 12.0 Å². The van der Waals surface area contributed by atoms with Crippen LogP contribution in [-0.4, -0.2) is 18.9 Å². The molecule has 0 aromatic carbocycles. The van der Waals surface area contributed by atoms with E-state index in [9.17, 15) is 4.79 Å². The zero-order valence-electron chi connectivity index (χ0n) is 23.6. The predicted molar refractivity (Wildman–Crippen MR) is 142 cm³/mol. The lowest BCUT2D eigenvalue weighted by Gasteiger charge is -2.55. The maximum atomic E-state index is 11.9. The Labute approximate surface area is 210 Å². The smallest absolute Gasteiger partial charge is 0.435 e. The van der Waals surface area contributed by atoms with E-state index in [1.807, 2.05) is 6.92 Å². The second-order valence-corrected chi connectivity index (χ2v) is 13.0. The first kappa shape index (κ1) is 27.6. The standard InChI is InChI=1S/C31H54O3/c1-9-24-20-25(34-29(32)33-10-2)16-18-30(24,7)28-17-19-31(8)26(14-15-27(31)23(28)6)22(5)13-11-12-21(3)4/h9,21-23,25-28H,10-20H2,1-8H3/b24-9-/t22-,23+,25+,26-,27+,28+,30+,31-/m0/s1. The van der Waals surface area contributed by atoms with Crippen molar-refractivity contribution in [3.8, 4) is 0 Å². The summed E-state index contributed by atoms with van der Waals surface area (Å²) in [7, 11) is 0. The van der Waals surface area contributed by atoms with Gasteiger partial charge in [-0.15, -0.1) is 0 Å². The normalized spacial score (nSPS) is 40.3. The van der Waals surface area contributed by atoms with Gasteiger partial charge >= 0.3 is 6.16 Å². The monoisotopic (exact) mass is 474 g/mol. The van der Waals surface area contributed by atoms with E-state index in [0.717, 1.165) is 54.8 Å². The third kappa shape index (κ3) is 5.54. The summed E-state index contributed by atoms with van der Waals surface area (Å²) in [6.45, 7) is 19.4. The molecule has 8 atom stereocenters. The summed E-state index contributed by atoms with van der Waals surface area (Å²) in [5.74, 6) is 4.93. The fourth-order valence-electron chi connectivity index (χ4n) is 8.88. The molecule has 3 aliphatic carbocycles. The number of allylic oxidation sites excluding steroid dienone is 1. The van der Waals surface area contributed by atoms with Crippen LogP contribution in [0.5, 0.6) is 0 Å². The molecule has 3 saturated carbocycles. The molecule has 3 nitrogen and oxygen atoms in total. The highest BCUT2D eigenvalue weighted by atomic mass is 16.7. The van der Waals surface area contributed by atoms with Crippen LogP contribution < -0.4 is 0 Å². The van der Waals surface area contributed by atoms with E-state index in [1.54, 1.807) is 0 Å². The van der Waals surface area contributed by atoms with Gasteiger partial charge in [0.2, 0.25) is 0 Å². The highest BCUT2D eigenvalue weighted by molar-refractivity contribution is 5.60. The molecule has 34 heavy (non-hydrogen) atoms. The van der Waals surface area contributed by atoms with Gasteiger partial charge in [-0.05, 0) is 98.7 Å². The molecule has 0 aliphatic heterocycles. The van der Waals surface area contributed by atoms with E-state index >= 15 is 0 Å². The van der Waals surface area contributed by atoms with Crippen molar-refractivity contribution < 1.29 is 14.3 Å². The topological polar surface area (TPSA) is 35.5 Å². The molecule has 0 N–H and O–H groups in total. The van der Waals surface area contributed by atoms with Crippen molar-refractivity contribution in [3.63, 3.8) is 0 Å². The zero-order valence-corrected chi connectivity index (χ0v) is 23.6. The number of fused-ring (bicyclic) bond motifs is 1. The van der Waals surface area contributed by atoms with Crippen LogP contribution in [0.4, 0.5) is 4.79 Å².